The third-order valence-electron chi connectivity index (χ3n) is 3.76. The van der Waals surface area contributed by atoms with Crippen molar-refractivity contribution in [1.29, 1.82) is 0 Å². The van der Waals surface area contributed by atoms with E-state index >= 15 is 0 Å². The van der Waals surface area contributed by atoms with E-state index in [1.165, 1.54) is 0 Å². The molecule has 1 aromatic carbocycles. The van der Waals surface area contributed by atoms with Gasteiger partial charge in [0.05, 0.1) is 13.1 Å². The highest BCUT2D eigenvalue weighted by Gasteiger charge is 2.28. The summed E-state index contributed by atoms with van der Waals surface area (Å²) in [5.41, 5.74) is 0. The van der Waals surface area contributed by atoms with E-state index in [4.69, 9.17) is 4.74 Å². The van der Waals surface area contributed by atoms with E-state index in [2.05, 4.69) is 15.6 Å². The minimum atomic E-state index is 0.166. The second-order valence-electron chi connectivity index (χ2n) is 5.88. The molecule has 0 heterocycles. The van der Waals surface area contributed by atoms with Gasteiger partial charge < -0.3 is 20.3 Å². The standard InChI is InChI=1S/C18H28N4O2/c1-3-19-18(21-12-11-20-17(23)15-9-10-15)22(2)13-14-24-16-7-5-4-6-8-16/h4-8,15H,3,9-14H2,1-2H3,(H,19,21)(H,20,23). The minimum Gasteiger partial charge on any atom is -0.492 e. The molecule has 1 amide bonds. The van der Waals surface area contributed by atoms with Gasteiger partial charge in [0, 0.05) is 26.1 Å². The number of guanidine groups is 1. The molecule has 0 bridgehead atoms. The summed E-state index contributed by atoms with van der Waals surface area (Å²) in [7, 11) is 1.98. The van der Waals surface area contributed by atoms with Gasteiger partial charge in [-0.1, -0.05) is 18.2 Å². The van der Waals surface area contributed by atoms with Gasteiger partial charge in [0.1, 0.15) is 12.4 Å². The highest BCUT2D eigenvalue weighted by Crippen LogP contribution is 2.28. The molecule has 24 heavy (non-hydrogen) atoms. The fourth-order valence-electron chi connectivity index (χ4n) is 2.22. The number of aliphatic imine (C=N–C) groups is 1. The topological polar surface area (TPSA) is 66.0 Å². The number of carbonyl (C=O) groups excluding carboxylic acids is 1. The maximum atomic E-state index is 11.6. The number of amides is 1. The predicted octanol–water partition coefficient (Wildman–Crippen LogP) is 1.49. The first-order valence-corrected chi connectivity index (χ1v) is 8.65. The molecule has 0 aliphatic heterocycles. The first-order chi connectivity index (χ1) is 11.7. The van der Waals surface area contributed by atoms with Gasteiger partial charge in [-0.2, -0.15) is 0 Å². The zero-order chi connectivity index (χ0) is 17.2. The Hall–Kier alpha value is -2.24. The number of para-hydroxylation sites is 1. The first-order valence-electron chi connectivity index (χ1n) is 8.65. The Morgan fingerprint density at radius 1 is 1.29 bits per heavy atom. The minimum absolute atomic E-state index is 0.166. The van der Waals surface area contributed by atoms with Gasteiger partial charge in [-0.15, -0.1) is 0 Å². The summed E-state index contributed by atoms with van der Waals surface area (Å²) in [4.78, 5) is 18.2. The Balaban J connectivity index is 1.70. The van der Waals surface area contributed by atoms with E-state index in [-0.39, 0.29) is 11.8 Å². The molecule has 2 N–H and O–H groups in total. The predicted molar refractivity (Wildman–Crippen MR) is 96.3 cm³/mol. The Morgan fingerprint density at radius 3 is 2.71 bits per heavy atom. The van der Waals surface area contributed by atoms with Gasteiger partial charge in [0.15, 0.2) is 5.96 Å². The molecule has 0 spiro atoms. The number of hydrogen-bond acceptors (Lipinski definition) is 3. The monoisotopic (exact) mass is 332 g/mol. The molecule has 1 aliphatic carbocycles. The van der Waals surface area contributed by atoms with Crippen LogP contribution in [-0.4, -0.2) is 56.6 Å². The second-order valence-corrected chi connectivity index (χ2v) is 5.88. The maximum Gasteiger partial charge on any atom is 0.223 e. The van der Waals surface area contributed by atoms with Crippen molar-refractivity contribution in [2.45, 2.75) is 19.8 Å². The molecular weight excluding hydrogens is 304 g/mol. The third-order valence-corrected chi connectivity index (χ3v) is 3.76. The van der Waals surface area contributed by atoms with Crippen LogP contribution in [0.4, 0.5) is 0 Å². The lowest BCUT2D eigenvalue weighted by atomic mass is 10.3. The molecule has 1 aliphatic rings. The first kappa shape index (κ1) is 18.1. The van der Waals surface area contributed by atoms with Crippen molar-refractivity contribution in [3.05, 3.63) is 30.3 Å². The fourth-order valence-corrected chi connectivity index (χ4v) is 2.22. The fraction of sp³-hybridized carbons (Fsp3) is 0.556. The molecular formula is C18H28N4O2. The van der Waals surface area contributed by atoms with Crippen LogP contribution in [0.3, 0.4) is 0 Å². The van der Waals surface area contributed by atoms with Crippen LogP contribution >= 0.6 is 0 Å². The second kappa shape index (κ2) is 9.80. The van der Waals surface area contributed by atoms with Crippen molar-refractivity contribution in [2.75, 3.05) is 39.8 Å². The molecule has 0 unspecified atom stereocenters. The summed E-state index contributed by atoms with van der Waals surface area (Å²) < 4.78 is 5.71. The van der Waals surface area contributed by atoms with Crippen LogP contribution in [0.1, 0.15) is 19.8 Å². The highest BCUT2D eigenvalue weighted by molar-refractivity contribution is 5.81. The SMILES string of the molecule is CCNC(=NCCNC(=O)C1CC1)N(C)CCOc1ccccc1. The number of hydrogen-bond donors (Lipinski definition) is 2. The largest absolute Gasteiger partial charge is 0.492 e. The molecule has 1 aromatic rings. The molecule has 1 fully saturated rings. The third kappa shape index (κ3) is 6.48. The summed E-state index contributed by atoms with van der Waals surface area (Å²) >= 11 is 0. The summed E-state index contributed by atoms with van der Waals surface area (Å²) in [6, 6.07) is 9.78. The number of nitrogens with one attached hydrogen (secondary N) is 2. The average molecular weight is 332 g/mol. The van der Waals surface area contributed by atoms with Crippen LogP contribution in [-0.2, 0) is 4.79 Å². The van der Waals surface area contributed by atoms with E-state index < -0.39 is 0 Å². The molecule has 132 valence electrons. The van der Waals surface area contributed by atoms with Crippen molar-refractivity contribution in [3.63, 3.8) is 0 Å². The lowest BCUT2D eigenvalue weighted by Crippen LogP contribution is -2.41. The highest BCUT2D eigenvalue weighted by atomic mass is 16.5. The van der Waals surface area contributed by atoms with Crippen LogP contribution in [0.2, 0.25) is 0 Å². The van der Waals surface area contributed by atoms with Crippen molar-refractivity contribution >= 4 is 11.9 Å². The van der Waals surface area contributed by atoms with Crippen LogP contribution < -0.4 is 15.4 Å². The number of ether oxygens (including phenoxy) is 1. The lowest BCUT2D eigenvalue weighted by Gasteiger charge is -2.22. The summed E-state index contributed by atoms with van der Waals surface area (Å²) in [6.45, 7) is 5.32. The van der Waals surface area contributed by atoms with Crippen molar-refractivity contribution in [1.82, 2.24) is 15.5 Å². The van der Waals surface area contributed by atoms with Gasteiger partial charge in [0.25, 0.3) is 0 Å². The molecule has 0 aromatic heterocycles. The zero-order valence-corrected chi connectivity index (χ0v) is 14.6. The molecule has 6 nitrogen and oxygen atoms in total. The number of carbonyl (C=O) groups is 1. The van der Waals surface area contributed by atoms with E-state index in [0.717, 1.165) is 37.6 Å². The lowest BCUT2D eigenvalue weighted by molar-refractivity contribution is -0.122. The van der Waals surface area contributed by atoms with E-state index in [1.807, 2.05) is 49.2 Å². The maximum absolute atomic E-state index is 11.6. The number of benzene rings is 1. The quantitative estimate of drug-likeness (QED) is 0.408. The van der Waals surface area contributed by atoms with Crippen molar-refractivity contribution in [2.24, 2.45) is 10.9 Å². The zero-order valence-electron chi connectivity index (χ0n) is 14.6. The number of likely N-dealkylation sites (N-methyl/N-ethyl adjacent to an activating group) is 1. The van der Waals surface area contributed by atoms with Gasteiger partial charge >= 0.3 is 0 Å². The van der Waals surface area contributed by atoms with Gasteiger partial charge in [-0.25, -0.2) is 0 Å². The molecule has 1 saturated carbocycles. The van der Waals surface area contributed by atoms with Crippen molar-refractivity contribution < 1.29 is 9.53 Å². The summed E-state index contributed by atoms with van der Waals surface area (Å²) in [5, 5.41) is 6.19. The number of rotatable bonds is 9. The molecule has 0 saturated heterocycles. The average Bonchev–Trinajstić information content (AvgIpc) is 3.43. The van der Waals surface area contributed by atoms with Gasteiger partial charge in [-0.05, 0) is 31.9 Å². The molecule has 0 atom stereocenters. The van der Waals surface area contributed by atoms with Gasteiger partial charge in [0.2, 0.25) is 5.91 Å². The van der Waals surface area contributed by atoms with Crippen LogP contribution in [0.25, 0.3) is 0 Å². The molecule has 0 radical (unpaired) electrons. The molecule has 6 heteroatoms. The normalized spacial score (nSPS) is 14.2. The molecule has 2 rings (SSSR count). The van der Waals surface area contributed by atoms with Gasteiger partial charge in [-0.3, -0.25) is 9.79 Å². The van der Waals surface area contributed by atoms with Crippen LogP contribution in [0, 0.1) is 5.92 Å². The Labute approximate surface area is 144 Å². The van der Waals surface area contributed by atoms with Crippen molar-refractivity contribution in [3.8, 4) is 5.75 Å². The van der Waals surface area contributed by atoms with Crippen LogP contribution in [0.15, 0.2) is 35.3 Å². The van der Waals surface area contributed by atoms with Crippen LogP contribution in [0.5, 0.6) is 5.75 Å². The van der Waals surface area contributed by atoms with E-state index in [0.29, 0.717) is 19.7 Å². The Bertz CT molecular complexity index is 529. The number of nitrogens with zero attached hydrogens (tertiary/aromatic N) is 2. The smallest absolute Gasteiger partial charge is 0.223 e. The Morgan fingerprint density at radius 2 is 2.04 bits per heavy atom. The van der Waals surface area contributed by atoms with E-state index in [9.17, 15) is 4.79 Å². The summed E-state index contributed by atoms with van der Waals surface area (Å²) in [5.74, 6) is 2.12. The Kier molecular flexibility index (Phi) is 7.39. The summed E-state index contributed by atoms with van der Waals surface area (Å²) in [6.07, 6.45) is 2.06. The van der Waals surface area contributed by atoms with E-state index in [1.54, 1.807) is 0 Å².